The normalized spacial score (nSPS) is 9.94. The average molecular weight is 234 g/mol. The molecular weight excluding hydrogens is 207 g/mol. The Morgan fingerprint density at radius 2 is 1.12 bits per heavy atom. The Morgan fingerprint density at radius 1 is 0.765 bits per heavy atom. The molecule has 0 aromatic carbocycles. The maximum absolute atomic E-state index is 10.1. The minimum absolute atomic E-state index is 0. The molecule has 0 rings (SSSR count). The second-order valence-corrected chi connectivity index (χ2v) is 4.66. The van der Waals surface area contributed by atoms with Gasteiger partial charge < -0.3 is 9.90 Å². The van der Waals surface area contributed by atoms with E-state index >= 15 is 0 Å². The molecule has 0 aromatic heterocycles. The van der Waals surface area contributed by atoms with E-state index in [0.29, 0.717) is 0 Å². The van der Waals surface area contributed by atoms with Crippen LogP contribution in [0.15, 0.2) is 0 Å². The number of carboxylic acids is 1. The molecule has 3 heteroatoms. The first kappa shape index (κ1) is 19.4. The van der Waals surface area contributed by atoms with Crippen molar-refractivity contribution in [3.8, 4) is 0 Å². The van der Waals surface area contributed by atoms with Gasteiger partial charge in [-0.3, -0.25) is 0 Å². The third-order valence-corrected chi connectivity index (χ3v) is 2.98. The fraction of sp³-hybridized carbons (Fsp3) is 0.929. The van der Waals surface area contributed by atoms with Gasteiger partial charge in [0.25, 0.3) is 0 Å². The summed E-state index contributed by atoms with van der Waals surface area (Å²) in [7, 11) is 0. The Kier molecular flexibility index (Phi) is 18.3. The first-order chi connectivity index (χ1) is 7.77. The van der Waals surface area contributed by atoms with Crippen LogP contribution in [0, 0.1) is 0 Å². The van der Waals surface area contributed by atoms with Crippen molar-refractivity contribution in [3.05, 3.63) is 0 Å². The number of carboxylic acid groups (broad SMARTS) is 1. The summed E-state index contributed by atoms with van der Waals surface area (Å²) in [6, 6.07) is 0. The Bertz CT molecular complexity index is 160. The Labute approximate surface area is 119 Å². The van der Waals surface area contributed by atoms with Crippen LogP contribution >= 0.6 is 0 Å². The van der Waals surface area contributed by atoms with Crippen LogP contribution in [-0.2, 0) is 4.79 Å². The van der Waals surface area contributed by atoms with Crippen LogP contribution in [0.5, 0.6) is 0 Å². The van der Waals surface area contributed by atoms with Gasteiger partial charge in [-0.15, -0.1) is 0 Å². The van der Waals surface area contributed by atoms with Crippen molar-refractivity contribution < 1.29 is 28.8 Å². The summed E-state index contributed by atoms with van der Waals surface area (Å²) in [4.78, 5) is 10.1. The summed E-state index contributed by atoms with van der Waals surface area (Å²) in [5.74, 6) is -0.907. The molecule has 0 aliphatic carbocycles. The molecule has 0 bridgehead atoms. The molecule has 0 radical (unpaired) electrons. The van der Waals surface area contributed by atoms with E-state index in [2.05, 4.69) is 6.92 Å². The smallest absolute Gasteiger partial charge is 0.550 e. The van der Waals surface area contributed by atoms with Crippen LogP contribution in [0.4, 0.5) is 0 Å². The third kappa shape index (κ3) is 18.6. The Morgan fingerprint density at radius 3 is 1.47 bits per heavy atom. The summed E-state index contributed by atoms with van der Waals surface area (Å²) in [6.07, 6.45) is 14.0. The van der Waals surface area contributed by atoms with E-state index < -0.39 is 5.97 Å². The standard InChI is InChI=1S/C14H28O2.Li/c1-2-3-4-5-6-7-8-9-10-11-12-13-14(15)16;/h2-13H2,1H3,(H,15,16);/q;+1/p-1. The van der Waals surface area contributed by atoms with Crippen molar-refractivity contribution in [3.63, 3.8) is 0 Å². The Balaban J connectivity index is 0. The second kappa shape index (κ2) is 16.1. The van der Waals surface area contributed by atoms with Crippen LogP contribution < -0.4 is 24.0 Å². The number of hydrogen-bond donors (Lipinski definition) is 0. The van der Waals surface area contributed by atoms with E-state index in [1.54, 1.807) is 0 Å². The molecule has 0 unspecified atom stereocenters. The summed E-state index contributed by atoms with van der Waals surface area (Å²) in [5.41, 5.74) is 0. The molecule has 0 aliphatic rings. The molecule has 0 aliphatic heterocycles. The average Bonchev–Trinajstić information content (AvgIpc) is 2.25. The number of unbranched alkanes of at least 4 members (excludes halogenated alkanes) is 10. The van der Waals surface area contributed by atoms with E-state index in [4.69, 9.17) is 0 Å². The molecule has 0 spiro atoms. The molecule has 0 N–H and O–H groups in total. The first-order valence-electron chi connectivity index (χ1n) is 6.97. The molecule has 2 nitrogen and oxygen atoms in total. The summed E-state index contributed by atoms with van der Waals surface area (Å²) in [5, 5.41) is 10.1. The second-order valence-electron chi connectivity index (χ2n) is 4.66. The fourth-order valence-corrected chi connectivity index (χ4v) is 1.93. The molecule has 96 valence electrons. The van der Waals surface area contributed by atoms with Gasteiger partial charge >= 0.3 is 18.9 Å². The molecule has 0 heterocycles. The zero-order valence-electron chi connectivity index (χ0n) is 11.8. The van der Waals surface area contributed by atoms with Crippen LogP contribution in [0.2, 0.25) is 0 Å². The topological polar surface area (TPSA) is 40.1 Å². The maximum Gasteiger partial charge on any atom is 1.00 e. The number of hydrogen-bond acceptors (Lipinski definition) is 2. The zero-order valence-corrected chi connectivity index (χ0v) is 11.8. The van der Waals surface area contributed by atoms with Gasteiger partial charge in [-0.1, -0.05) is 71.1 Å². The van der Waals surface area contributed by atoms with Crippen molar-refractivity contribution in [1.29, 1.82) is 0 Å². The number of rotatable bonds is 12. The van der Waals surface area contributed by atoms with Gasteiger partial charge in [0, 0.05) is 5.97 Å². The first-order valence-corrected chi connectivity index (χ1v) is 6.97. The van der Waals surface area contributed by atoms with Crippen LogP contribution in [0.25, 0.3) is 0 Å². The van der Waals surface area contributed by atoms with Crippen LogP contribution in [-0.4, -0.2) is 5.97 Å². The molecule has 0 fully saturated rings. The van der Waals surface area contributed by atoms with E-state index in [1.165, 1.54) is 57.8 Å². The zero-order chi connectivity index (χ0) is 12.1. The minimum Gasteiger partial charge on any atom is -0.550 e. The molecule has 0 saturated carbocycles. The third-order valence-electron chi connectivity index (χ3n) is 2.98. The van der Waals surface area contributed by atoms with Gasteiger partial charge in [0.2, 0.25) is 0 Å². The monoisotopic (exact) mass is 234 g/mol. The summed E-state index contributed by atoms with van der Waals surface area (Å²) in [6.45, 7) is 2.24. The summed E-state index contributed by atoms with van der Waals surface area (Å²) < 4.78 is 0. The molecule has 0 atom stereocenters. The molecule has 17 heavy (non-hydrogen) atoms. The molecule has 0 amide bonds. The van der Waals surface area contributed by atoms with Gasteiger partial charge in [-0.25, -0.2) is 0 Å². The number of carbonyl (C=O) groups is 1. The largest absolute Gasteiger partial charge is 1.00 e. The van der Waals surface area contributed by atoms with Crippen LogP contribution in [0.3, 0.4) is 0 Å². The fourth-order valence-electron chi connectivity index (χ4n) is 1.93. The number of aliphatic carboxylic acids is 1. The van der Waals surface area contributed by atoms with Gasteiger partial charge in [0.1, 0.15) is 0 Å². The van der Waals surface area contributed by atoms with E-state index in [0.717, 1.165) is 12.8 Å². The predicted octanol–water partition coefficient (Wildman–Crippen LogP) is 0.441. The van der Waals surface area contributed by atoms with Gasteiger partial charge in [0.05, 0.1) is 0 Å². The minimum atomic E-state index is -0.907. The Hall–Kier alpha value is 0.0674. The van der Waals surface area contributed by atoms with E-state index in [-0.39, 0.29) is 25.3 Å². The van der Waals surface area contributed by atoms with Crippen molar-refractivity contribution in [1.82, 2.24) is 0 Å². The van der Waals surface area contributed by atoms with E-state index in [1.807, 2.05) is 0 Å². The van der Waals surface area contributed by atoms with Gasteiger partial charge in [-0.05, 0) is 12.8 Å². The molecule has 0 aromatic rings. The van der Waals surface area contributed by atoms with Gasteiger partial charge in [-0.2, -0.15) is 0 Å². The quantitative estimate of drug-likeness (QED) is 0.363. The summed E-state index contributed by atoms with van der Waals surface area (Å²) >= 11 is 0. The predicted molar refractivity (Wildman–Crippen MR) is 66.1 cm³/mol. The van der Waals surface area contributed by atoms with E-state index in [9.17, 15) is 9.90 Å². The number of carbonyl (C=O) groups excluding carboxylic acids is 1. The SMILES string of the molecule is CCCCCCCCCCCCCC(=O)[O-].[Li+]. The van der Waals surface area contributed by atoms with Gasteiger partial charge in [0.15, 0.2) is 0 Å². The molecular formula is C14H27LiO2. The van der Waals surface area contributed by atoms with Crippen molar-refractivity contribution in [2.24, 2.45) is 0 Å². The molecule has 0 saturated heterocycles. The van der Waals surface area contributed by atoms with Crippen molar-refractivity contribution in [2.45, 2.75) is 84.0 Å². The van der Waals surface area contributed by atoms with Crippen molar-refractivity contribution >= 4 is 5.97 Å². The van der Waals surface area contributed by atoms with Crippen LogP contribution in [0.1, 0.15) is 84.0 Å². The van der Waals surface area contributed by atoms with Crippen molar-refractivity contribution in [2.75, 3.05) is 0 Å². The maximum atomic E-state index is 10.1.